The molecule has 0 bridgehead atoms. The van der Waals surface area contributed by atoms with E-state index in [0.717, 1.165) is 0 Å². The average Bonchev–Trinajstić information content (AvgIpc) is 2.20. The summed E-state index contributed by atoms with van der Waals surface area (Å²) in [6, 6.07) is 0. The molecule has 9 heavy (non-hydrogen) atoms. The molecule has 4 heteroatoms. The Bertz CT molecular complexity index is 200. The van der Waals surface area contributed by atoms with E-state index in [-0.39, 0.29) is 5.69 Å². The molecule has 1 aromatic heterocycles. The number of H-pyrrole nitrogens is 2. The molecule has 0 saturated heterocycles. The first-order chi connectivity index (χ1) is 4.29. The maximum absolute atomic E-state index is 10.1. The number of aromatic nitrogens is 3. The van der Waals surface area contributed by atoms with Gasteiger partial charge >= 0.3 is 5.69 Å². The van der Waals surface area contributed by atoms with Gasteiger partial charge < -0.3 is 0 Å². The van der Waals surface area contributed by atoms with E-state index >= 15 is 0 Å². The van der Waals surface area contributed by atoms with Gasteiger partial charge in [0.15, 0.2) is 0 Å². The zero-order chi connectivity index (χ0) is 7.28. The van der Waals surface area contributed by atoms with Crippen molar-refractivity contribution >= 4 is 0 Å². The molecule has 0 spiro atoms. The lowest BCUT2D eigenvalue weighted by Gasteiger charge is -1.65. The van der Waals surface area contributed by atoms with Gasteiger partial charge in [-0.3, -0.25) is 4.98 Å². The Morgan fingerprint density at radius 3 is 2.11 bits per heavy atom. The predicted molar refractivity (Wildman–Crippen MR) is 35.3 cm³/mol. The van der Waals surface area contributed by atoms with Gasteiger partial charge in [-0.15, -0.1) is 0 Å². The van der Waals surface area contributed by atoms with E-state index < -0.39 is 0 Å². The predicted octanol–water partition coefficient (Wildman–Crippen LogP) is 0.433. The van der Waals surface area contributed by atoms with Gasteiger partial charge in [0.2, 0.25) is 0 Å². The Kier molecular flexibility index (Phi) is 3.43. The summed E-state index contributed by atoms with van der Waals surface area (Å²) in [5.41, 5.74) is -0.252. The third-order valence-corrected chi connectivity index (χ3v) is 0.620. The van der Waals surface area contributed by atoms with Crippen molar-refractivity contribution in [2.24, 2.45) is 0 Å². The molecule has 0 aliphatic heterocycles. The van der Waals surface area contributed by atoms with Crippen LogP contribution in [-0.2, 0) is 0 Å². The first-order valence-electron chi connectivity index (χ1n) is 2.90. The van der Waals surface area contributed by atoms with Crippen molar-refractivity contribution in [1.29, 1.82) is 0 Å². The molecule has 2 N–H and O–H groups in total. The summed E-state index contributed by atoms with van der Waals surface area (Å²) in [5, 5.41) is 5.73. The summed E-state index contributed by atoms with van der Waals surface area (Å²) in [7, 11) is 0. The largest absolute Gasteiger partial charge is 0.340 e. The Hall–Kier alpha value is -1.06. The van der Waals surface area contributed by atoms with E-state index in [1.165, 1.54) is 0 Å². The monoisotopic (exact) mass is 129 g/mol. The van der Waals surface area contributed by atoms with E-state index in [4.69, 9.17) is 0 Å². The van der Waals surface area contributed by atoms with Gasteiger partial charge in [0.05, 0.1) is 0 Å². The molecule has 0 saturated carbocycles. The molecule has 0 unspecified atom stereocenters. The van der Waals surface area contributed by atoms with Crippen molar-refractivity contribution < 1.29 is 0 Å². The molecule has 0 atom stereocenters. The minimum atomic E-state index is -0.252. The maximum atomic E-state index is 10.1. The van der Waals surface area contributed by atoms with E-state index in [2.05, 4.69) is 15.2 Å². The van der Waals surface area contributed by atoms with Crippen LogP contribution in [0.1, 0.15) is 19.7 Å². The molecule has 1 aromatic rings. The quantitative estimate of drug-likeness (QED) is 0.533. The van der Waals surface area contributed by atoms with Crippen LogP contribution >= 0.6 is 0 Å². The minimum Gasteiger partial charge on any atom is -0.293 e. The van der Waals surface area contributed by atoms with Crippen LogP contribution in [0, 0.1) is 6.92 Å². The highest BCUT2D eigenvalue weighted by molar-refractivity contribution is 4.71. The van der Waals surface area contributed by atoms with Gasteiger partial charge in [0.1, 0.15) is 5.82 Å². The normalized spacial score (nSPS) is 7.89. The summed E-state index contributed by atoms with van der Waals surface area (Å²) in [4.78, 5) is 12.5. The molecule has 1 heterocycles. The van der Waals surface area contributed by atoms with Crippen molar-refractivity contribution in [3.05, 3.63) is 16.3 Å². The lowest BCUT2D eigenvalue weighted by molar-refractivity contribution is 1.02. The first kappa shape index (κ1) is 7.94. The van der Waals surface area contributed by atoms with Crippen molar-refractivity contribution in [3.63, 3.8) is 0 Å². The highest BCUT2D eigenvalue weighted by Gasteiger charge is 1.82. The summed E-state index contributed by atoms with van der Waals surface area (Å²) < 4.78 is 0. The minimum absolute atomic E-state index is 0.252. The molecule has 52 valence electrons. The number of hydrogen-bond acceptors (Lipinski definition) is 2. The Morgan fingerprint density at radius 1 is 1.44 bits per heavy atom. The second-order valence-electron chi connectivity index (χ2n) is 1.26. The van der Waals surface area contributed by atoms with Gasteiger partial charge in [0.25, 0.3) is 0 Å². The highest BCUT2D eigenvalue weighted by Crippen LogP contribution is 1.68. The average molecular weight is 129 g/mol. The van der Waals surface area contributed by atoms with Crippen LogP contribution in [0.25, 0.3) is 0 Å². The molecule has 1 rings (SSSR count). The van der Waals surface area contributed by atoms with Crippen LogP contribution in [-0.4, -0.2) is 15.2 Å². The molecular formula is C5H11N3O. The molecule has 0 aromatic carbocycles. The van der Waals surface area contributed by atoms with E-state index in [0.29, 0.717) is 5.82 Å². The fourth-order valence-corrected chi connectivity index (χ4v) is 0.355. The van der Waals surface area contributed by atoms with Crippen LogP contribution < -0.4 is 5.69 Å². The third-order valence-electron chi connectivity index (χ3n) is 0.620. The van der Waals surface area contributed by atoms with Gasteiger partial charge in [-0.2, -0.15) is 5.10 Å². The Morgan fingerprint density at radius 2 is 2.00 bits per heavy atom. The van der Waals surface area contributed by atoms with Crippen LogP contribution in [0.3, 0.4) is 0 Å². The molecule has 0 radical (unpaired) electrons. The Balaban J connectivity index is 0.000000291. The van der Waals surface area contributed by atoms with E-state index in [1.807, 2.05) is 13.8 Å². The second kappa shape index (κ2) is 3.88. The summed E-state index contributed by atoms with van der Waals surface area (Å²) >= 11 is 0. The zero-order valence-corrected chi connectivity index (χ0v) is 5.86. The molecule has 0 amide bonds. The van der Waals surface area contributed by atoms with E-state index in [9.17, 15) is 4.79 Å². The van der Waals surface area contributed by atoms with Crippen molar-refractivity contribution in [2.45, 2.75) is 20.8 Å². The molecular weight excluding hydrogens is 118 g/mol. The topological polar surface area (TPSA) is 61.5 Å². The van der Waals surface area contributed by atoms with Crippen LogP contribution in [0.2, 0.25) is 0 Å². The van der Waals surface area contributed by atoms with Crippen molar-refractivity contribution in [2.75, 3.05) is 0 Å². The fourth-order valence-electron chi connectivity index (χ4n) is 0.355. The summed E-state index contributed by atoms with van der Waals surface area (Å²) in [5.74, 6) is 0.616. The summed E-state index contributed by atoms with van der Waals surface area (Å²) in [6.07, 6.45) is 0. The third kappa shape index (κ3) is 2.69. The fraction of sp³-hybridized carbons (Fsp3) is 0.600. The first-order valence-corrected chi connectivity index (χ1v) is 2.90. The maximum Gasteiger partial charge on any atom is 0.340 e. The highest BCUT2D eigenvalue weighted by atomic mass is 16.1. The number of aryl methyl sites for hydroxylation is 1. The second-order valence-corrected chi connectivity index (χ2v) is 1.26. The number of rotatable bonds is 0. The van der Waals surface area contributed by atoms with E-state index in [1.54, 1.807) is 6.92 Å². The van der Waals surface area contributed by atoms with Gasteiger partial charge in [-0.25, -0.2) is 9.89 Å². The SMILES string of the molecule is CC.Cc1n[nH]c(=O)[nH]1. The zero-order valence-electron chi connectivity index (χ0n) is 5.86. The number of hydrogen-bond donors (Lipinski definition) is 2. The molecule has 4 nitrogen and oxygen atoms in total. The van der Waals surface area contributed by atoms with Gasteiger partial charge in [-0.1, -0.05) is 13.8 Å². The van der Waals surface area contributed by atoms with Crippen LogP contribution in [0.5, 0.6) is 0 Å². The van der Waals surface area contributed by atoms with Crippen molar-refractivity contribution in [1.82, 2.24) is 15.2 Å². The standard InChI is InChI=1S/C3H5N3O.C2H6/c1-2-4-3(7)6-5-2;1-2/h1H3,(H2,4,5,6,7);1-2H3. The molecule has 0 aliphatic rings. The lowest BCUT2D eigenvalue weighted by atomic mass is 10.8. The van der Waals surface area contributed by atoms with Crippen LogP contribution in [0.15, 0.2) is 4.79 Å². The molecule has 0 aliphatic carbocycles. The van der Waals surface area contributed by atoms with Gasteiger partial charge in [-0.05, 0) is 6.92 Å². The number of aromatic amines is 2. The smallest absolute Gasteiger partial charge is 0.293 e. The summed E-state index contributed by atoms with van der Waals surface area (Å²) in [6.45, 7) is 5.71. The number of nitrogens with zero attached hydrogens (tertiary/aromatic N) is 1. The number of nitrogens with one attached hydrogen (secondary N) is 2. The van der Waals surface area contributed by atoms with Gasteiger partial charge in [0, 0.05) is 0 Å². The van der Waals surface area contributed by atoms with Crippen LogP contribution in [0.4, 0.5) is 0 Å². The van der Waals surface area contributed by atoms with Crippen molar-refractivity contribution in [3.8, 4) is 0 Å². The lowest BCUT2D eigenvalue weighted by Crippen LogP contribution is -2.00. The molecule has 0 fully saturated rings. The Labute approximate surface area is 53.3 Å².